The molecule has 0 bridgehead atoms. The van der Waals surface area contributed by atoms with Crippen LogP contribution in [0.1, 0.15) is 0 Å². The number of ether oxygens (including phenoxy) is 2. The fourth-order valence-corrected chi connectivity index (χ4v) is 1.95. The zero-order valence-electron chi connectivity index (χ0n) is 11.2. The predicted molar refractivity (Wildman–Crippen MR) is 71.9 cm³/mol. The Labute approximate surface area is 132 Å². The third-order valence-corrected chi connectivity index (χ3v) is 3.17. The molecule has 0 saturated carbocycles. The topological polar surface area (TPSA) is 97.3 Å². The van der Waals surface area contributed by atoms with Gasteiger partial charge >= 0.3 is 11.2 Å². The first-order valence-electron chi connectivity index (χ1n) is 5.98. The highest BCUT2D eigenvalue weighted by atomic mass is 32.2. The van der Waals surface area contributed by atoms with Crippen molar-refractivity contribution in [3.05, 3.63) is 36.4 Å². The molecule has 1 N–H and O–H groups in total. The van der Waals surface area contributed by atoms with Crippen LogP contribution in [0.3, 0.4) is 0 Å². The maximum Gasteiger partial charge on any atom is 0.415 e. The van der Waals surface area contributed by atoms with Gasteiger partial charge in [-0.2, -0.15) is 13.1 Å². The standard InChI is InChI=1S/C13H10F2O7S/c14-13(15,23-22-21-18)12(17)20-7-19-11-6-2-3-8-9(11)4-1-5-10(8)16/h1-6,16,18H,7H2/p-1. The summed E-state index contributed by atoms with van der Waals surface area (Å²) in [4.78, 5) is 11.1. The minimum absolute atomic E-state index is 0.0163. The van der Waals surface area contributed by atoms with Gasteiger partial charge in [-0.3, -0.25) is 5.04 Å². The second-order valence-corrected chi connectivity index (χ2v) is 4.87. The Morgan fingerprint density at radius 2 is 1.91 bits per heavy atom. The Kier molecular flexibility index (Phi) is 5.55. The van der Waals surface area contributed by atoms with Crippen LogP contribution < -0.4 is 9.99 Å². The molecule has 0 saturated heterocycles. The Bertz CT molecular complexity index is 695. The highest BCUT2D eigenvalue weighted by molar-refractivity contribution is 7.96. The van der Waals surface area contributed by atoms with Crippen molar-refractivity contribution >= 4 is 28.8 Å². The van der Waals surface area contributed by atoms with E-state index in [0.29, 0.717) is 10.8 Å². The lowest BCUT2D eigenvalue weighted by Crippen LogP contribution is -2.29. The summed E-state index contributed by atoms with van der Waals surface area (Å²) in [5, 5.41) is 18.8. The number of benzene rings is 2. The average molecular weight is 347 g/mol. The van der Waals surface area contributed by atoms with Crippen LogP contribution in [0, 0.1) is 0 Å². The molecule has 0 unspecified atom stereocenters. The molecule has 0 radical (unpaired) electrons. The van der Waals surface area contributed by atoms with E-state index in [1.807, 2.05) is 0 Å². The van der Waals surface area contributed by atoms with Crippen LogP contribution in [-0.4, -0.2) is 23.1 Å². The first kappa shape index (κ1) is 17.2. The monoisotopic (exact) mass is 347 g/mol. The summed E-state index contributed by atoms with van der Waals surface area (Å²) in [5.74, 6) is -1.73. The van der Waals surface area contributed by atoms with Crippen molar-refractivity contribution in [2.24, 2.45) is 0 Å². The molecule has 124 valence electrons. The molecule has 10 heteroatoms. The zero-order valence-corrected chi connectivity index (χ0v) is 12.0. The Morgan fingerprint density at radius 1 is 1.22 bits per heavy atom. The van der Waals surface area contributed by atoms with Gasteiger partial charge in [-0.25, -0.2) is 4.79 Å². The van der Waals surface area contributed by atoms with E-state index in [1.54, 1.807) is 24.3 Å². The molecule has 2 rings (SSSR count). The molecule has 23 heavy (non-hydrogen) atoms. The number of aromatic hydroxyl groups is 1. The van der Waals surface area contributed by atoms with Crippen molar-refractivity contribution in [3.8, 4) is 11.5 Å². The second-order valence-electron chi connectivity index (χ2n) is 4.06. The Balaban J connectivity index is 1.99. The average Bonchev–Trinajstić information content (AvgIpc) is 2.53. The minimum atomic E-state index is -4.13. The number of hydrogen-bond acceptors (Lipinski definition) is 8. The summed E-state index contributed by atoms with van der Waals surface area (Å²) in [5.41, 5.74) is 0. The largest absolute Gasteiger partial charge is 0.691 e. The molecule has 0 fully saturated rings. The van der Waals surface area contributed by atoms with Gasteiger partial charge in [-0.05, 0) is 12.1 Å². The van der Waals surface area contributed by atoms with Gasteiger partial charge < -0.3 is 19.8 Å². The fraction of sp³-hybridized carbons (Fsp3) is 0.154. The highest BCUT2D eigenvalue weighted by Gasteiger charge is 2.44. The van der Waals surface area contributed by atoms with Crippen LogP contribution in [0.2, 0.25) is 0 Å². The maximum absolute atomic E-state index is 13.1. The molecule has 0 heterocycles. The fourth-order valence-electron chi connectivity index (χ4n) is 1.71. The number of carbonyl (C=O) groups is 1. The van der Waals surface area contributed by atoms with Gasteiger partial charge in [0.25, 0.3) is 0 Å². The lowest BCUT2D eigenvalue weighted by Gasteiger charge is -2.15. The number of phenols is 1. The van der Waals surface area contributed by atoms with Gasteiger partial charge in [-0.15, -0.1) is 0 Å². The van der Waals surface area contributed by atoms with E-state index in [-0.39, 0.29) is 11.5 Å². The van der Waals surface area contributed by atoms with Crippen LogP contribution in [0.5, 0.6) is 11.5 Å². The number of alkyl halides is 2. The van der Waals surface area contributed by atoms with Crippen molar-refractivity contribution in [3.63, 3.8) is 0 Å². The summed E-state index contributed by atoms with van der Waals surface area (Å²) in [6.45, 7) is -0.804. The normalized spacial score (nSPS) is 11.4. The number of esters is 1. The van der Waals surface area contributed by atoms with E-state index in [4.69, 9.17) is 4.74 Å². The van der Waals surface area contributed by atoms with Gasteiger partial charge in [0.15, 0.2) is 0 Å². The summed E-state index contributed by atoms with van der Waals surface area (Å²) in [6.07, 6.45) is 0. The van der Waals surface area contributed by atoms with Crippen molar-refractivity contribution < 1.29 is 42.8 Å². The number of carbonyl (C=O) groups excluding carboxylic acids is 1. The first-order chi connectivity index (χ1) is 11.0. The summed E-state index contributed by atoms with van der Waals surface area (Å²) < 4.78 is 38.9. The van der Waals surface area contributed by atoms with E-state index >= 15 is 0 Å². The third kappa shape index (κ3) is 4.20. The molecular weight excluding hydrogens is 338 g/mol. The lowest BCUT2D eigenvalue weighted by molar-refractivity contribution is -0.777. The molecular formula is C13H9F2O7S-. The maximum atomic E-state index is 13.1. The molecule has 2 aromatic rings. The molecule has 2 aromatic carbocycles. The smallest absolute Gasteiger partial charge is 0.415 e. The molecule has 0 amide bonds. The van der Waals surface area contributed by atoms with Gasteiger partial charge in [0.2, 0.25) is 6.79 Å². The van der Waals surface area contributed by atoms with Crippen LogP contribution in [0.15, 0.2) is 36.4 Å². The van der Waals surface area contributed by atoms with Gasteiger partial charge in [0.1, 0.15) is 23.5 Å². The van der Waals surface area contributed by atoms with Crippen LogP contribution in [0.4, 0.5) is 8.78 Å². The van der Waals surface area contributed by atoms with Crippen molar-refractivity contribution in [2.75, 3.05) is 6.79 Å². The van der Waals surface area contributed by atoms with Crippen LogP contribution >= 0.6 is 12.0 Å². The predicted octanol–water partition coefficient (Wildman–Crippen LogP) is 1.89. The number of halogens is 2. The quantitative estimate of drug-likeness (QED) is 0.267. The Hall–Kier alpha value is -2.14. The molecule has 0 aliphatic heterocycles. The van der Waals surface area contributed by atoms with E-state index < -0.39 is 30.1 Å². The lowest BCUT2D eigenvalue weighted by atomic mass is 10.1. The molecule has 7 nitrogen and oxygen atoms in total. The van der Waals surface area contributed by atoms with Crippen molar-refractivity contribution in [1.82, 2.24) is 0 Å². The van der Waals surface area contributed by atoms with E-state index in [1.165, 1.54) is 12.1 Å². The molecule has 0 atom stereocenters. The molecule has 0 aliphatic carbocycles. The minimum Gasteiger partial charge on any atom is -0.691 e. The SMILES string of the molecule is O=C(OCOc1cccc2c(O)cccc12)C(F)(F)SOO[O-]. The highest BCUT2D eigenvalue weighted by Crippen LogP contribution is 2.32. The van der Waals surface area contributed by atoms with E-state index in [0.717, 1.165) is 0 Å². The summed E-state index contributed by atoms with van der Waals surface area (Å²) in [7, 11) is 0. The number of phenolic OH excluding ortho intramolecular Hbond substituents is 1. The Morgan fingerprint density at radius 3 is 2.65 bits per heavy atom. The van der Waals surface area contributed by atoms with Gasteiger partial charge in [-0.1, -0.05) is 24.3 Å². The van der Waals surface area contributed by atoms with Crippen molar-refractivity contribution in [1.29, 1.82) is 0 Å². The molecule has 0 aliphatic rings. The van der Waals surface area contributed by atoms with Gasteiger partial charge in [0.05, 0.1) is 0 Å². The van der Waals surface area contributed by atoms with Gasteiger partial charge in [0, 0.05) is 10.8 Å². The molecule has 0 spiro atoms. The molecule has 0 aromatic heterocycles. The number of hydrogen-bond donors (Lipinski definition) is 1. The van der Waals surface area contributed by atoms with Crippen LogP contribution in [-0.2, 0) is 18.9 Å². The third-order valence-electron chi connectivity index (χ3n) is 2.67. The van der Waals surface area contributed by atoms with Crippen molar-refractivity contribution in [2.45, 2.75) is 5.25 Å². The zero-order chi connectivity index (χ0) is 16.9. The van der Waals surface area contributed by atoms with E-state index in [9.17, 15) is 23.9 Å². The number of fused-ring (bicyclic) bond motifs is 1. The number of rotatable bonds is 7. The summed E-state index contributed by atoms with van der Waals surface area (Å²) in [6, 6.07) is 9.40. The van der Waals surface area contributed by atoms with Crippen LogP contribution in [0.25, 0.3) is 10.8 Å². The first-order valence-corrected chi connectivity index (χ1v) is 6.73. The second kappa shape index (κ2) is 7.42. The summed E-state index contributed by atoms with van der Waals surface area (Å²) >= 11 is -0.794. The van der Waals surface area contributed by atoms with E-state index in [2.05, 4.69) is 14.1 Å².